The Balaban J connectivity index is 1.27. The molecule has 3 heterocycles. The Morgan fingerprint density at radius 1 is 1.09 bits per heavy atom. The monoisotopic (exact) mass is 476 g/mol. The Bertz CT molecular complexity index is 1120. The molecule has 0 spiro atoms. The molecule has 1 aromatic carbocycles. The first kappa shape index (κ1) is 21.7. The maximum absolute atomic E-state index is 13.2. The Morgan fingerprint density at radius 2 is 1.84 bits per heavy atom. The van der Waals surface area contributed by atoms with Gasteiger partial charge in [0.1, 0.15) is 0 Å². The third-order valence-electron chi connectivity index (χ3n) is 6.51. The lowest BCUT2D eigenvalue weighted by Crippen LogP contribution is -2.50. The quantitative estimate of drug-likeness (QED) is 0.680. The molecule has 1 amide bonds. The molecule has 0 saturated carbocycles. The predicted octanol–water partition coefficient (Wildman–Crippen LogP) is 3.18. The molecular weight excluding hydrogens is 448 g/mol. The van der Waals surface area contributed by atoms with E-state index in [0.29, 0.717) is 43.7 Å². The van der Waals surface area contributed by atoms with Crippen LogP contribution in [0.15, 0.2) is 28.5 Å². The molecular formula is C23H28N2O5S2. The zero-order valence-corrected chi connectivity index (χ0v) is 19.8. The molecule has 1 atom stereocenters. The van der Waals surface area contributed by atoms with Crippen molar-refractivity contribution in [3.05, 3.63) is 39.6 Å². The van der Waals surface area contributed by atoms with E-state index in [1.54, 1.807) is 34.4 Å². The number of fused-ring (bicyclic) bond motifs is 2. The van der Waals surface area contributed by atoms with E-state index in [1.165, 1.54) is 14.7 Å². The molecule has 32 heavy (non-hydrogen) atoms. The SMILES string of the molecule is CC1CCc2c(C(=O)N3CCN(S(=O)(=O)c4ccc5c(c4)OCCCO5)CC3)csc2C1. The summed E-state index contributed by atoms with van der Waals surface area (Å²) in [5.74, 6) is 1.74. The van der Waals surface area contributed by atoms with Gasteiger partial charge in [-0.1, -0.05) is 6.92 Å². The van der Waals surface area contributed by atoms with Gasteiger partial charge in [-0.3, -0.25) is 4.79 Å². The van der Waals surface area contributed by atoms with Crippen LogP contribution in [0.2, 0.25) is 0 Å². The standard InChI is InChI=1S/C23H28N2O5S2/c1-16-3-5-18-19(15-31-22(18)13-16)23(26)24-7-9-25(10-8-24)32(27,28)17-4-6-20-21(14-17)30-12-2-11-29-20/h4,6,14-16H,2-3,5,7-13H2,1H3. The van der Waals surface area contributed by atoms with Crippen LogP contribution >= 0.6 is 11.3 Å². The number of hydrogen-bond acceptors (Lipinski definition) is 6. The van der Waals surface area contributed by atoms with E-state index in [2.05, 4.69) is 6.92 Å². The second kappa shape index (κ2) is 8.68. The van der Waals surface area contributed by atoms with E-state index in [9.17, 15) is 13.2 Å². The zero-order valence-electron chi connectivity index (χ0n) is 18.2. The molecule has 0 radical (unpaired) electrons. The summed E-state index contributed by atoms with van der Waals surface area (Å²) in [6.07, 6.45) is 3.89. The Kier molecular flexibility index (Phi) is 5.90. The molecule has 7 nitrogen and oxygen atoms in total. The maximum atomic E-state index is 13.2. The molecule has 0 N–H and O–H groups in total. The molecule has 2 aliphatic heterocycles. The number of carbonyl (C=O) groups is 1. The van der Waals surface area contributed by atoms with E-state index >= 15 is 0 Å². The number of nitrogens with zero attached hydrogens (tertiary/aromatic N) is 2. The highest BCUT2D eigenvalue weighted by atomic mass is 32.2. The maximum Gasteiger partial charge on any atom is 0.255 e. The van der Waals surface area contributed by atoms with Crippen molar-refractivity contribution in [3.63, 3.8) is 0 Å². The Morgan fingerprint density at radius 3 is 2.62 bits per heavy atom. The fourth-order valence-corrected chi connectivity index (χ4v) is 7.29. The first-order valence-electron chi connectivity index (χ1n) is 11.2. The normalized spacial score (nSPS) is 21.7. The molecule has 0 bridgehead atoms. The molecule has 1 fully saturated rings. The fraction of sp³-hybridized carbons (Fsp3) is 0.522. The van der Waals surface area contributed by atoms with Gasteiger partial charge in [0.05, 0.1) is 23.7 Å². The van der Waals surface area contributed by atoms with Crippen molar-refractivity contribution in [2.45, 2.75) is 37.5 Å². The molecule has 1 saturated heterocycles. The second-order valence-electron chi connectivity index (χ2n) is 8.75. The molecule has 2 aromatic rings. The average molecular weight is 477 g/mol. The summed E-state index contributed by atoms with van der Waals surface area (Å²) in [5, 5.41) is 1.99. The van der Waals surface area contributed by atoms with Crippen LogP contribution in [0, 0.1) is 5.92 Å². The largest absolute Gasteiger partial charge is 0.490 e. The first-order valence-corrected chi connectivity index (χ1v) is 13.5. The predicted molar refractivity (Wildman–Crippen MR) is 122 cm³/mol. The lowest BCUT2D eigenvalue weighted by Gasteiger charge is -2.34. The molecule has 5 rings (SSSR count). The van der Waals surface area contributed by atoms with Gasteiger partial charge in [0.2, 0.25) is 10.0 Å². The number of amides is 1. The minimum atomic E-state index is -3.67. The van der Waals surface area contributed by atoms with Crippen LogP contribution in [0.5, 0.6) is 11.5 Å². The number of ether oxygens (including phenoxy) is 2. The highest BCUT2D eigenvalue weighted by Crippen LogP contribution is 2.35. The summed E-state index contributed by atoms with van der Waals surface area (Å²) < 4.78 is 39.1. The van der Waals surface area contributed by atoms with Gasteiger partial charge in [0.15, 0.2) is 11.5 Å². The summed E-state index contributed by atoms with van der Waals surface area (Å²) in [4.78, 5) is 16.5. The summed E-state index contributed by atoms with van der Waals surface area (Å²) in [7, 11) is -3.67. The van der Waals surface area contributed by atoms with Gasteiger partial charge in [0.25, 0.3) is 5.91 Å². The van der Waals surface area contributed by atoms with E-state index in [1.807, 2.05) is 5.38 Å². The van der Waals surface area contributed by atoms with Crippen LogP contribution in [0.4, 0.5) is 0 Å². The minimum Gasteiger partial charge on any atom is -0.490 e. The average Bonchev–Trinajstić information content (AvgIpc) is 3.06. The van der Waals surface area contributed by atoms with Gasteiger partial charge in [-0.2, -0.15) is 4.31 Å². The number of carbonyl (C=O) groups excluding carboxylic acids is 1. The van der Waals surface area contributed by atoms with Gasteiger partial charge < -0.3 is 14.4 Å². The molecule has 9 heteroatoms. The van der Waals surface area contributed by atoms with Crippen LogP contribution < -0.4 is 9.47 Å². The van der Waals surface area contributed by atoms with Gasteiger partial charge >= 0.3 is 0 Å². The van der Waals surface area contributed by atoms with Crippen LogP contribution in [0.1, 0.15) is 40.6 Å². The van der Waals surface area contributed by atoms with Crippen molar-refractivity contribution in [1.82, 2.24) is 9.21 Å². The highest BCUT2D eigenvalue weighted by molar-refractivity contribution is 7.89. The van der Waals surface area contributed by atoms with Gasteiger partial charge in [-0.25, -0.2) is 8.42 Å². The number of benzene rings is 1. The van der Waals surface area contributed by atoms with E-state index < -0.39 is 10.0 Å². The Labute approximate surface area is 193 Å². The van der Waals surface area contributed by atoms with Gasteiger partial charge in [-0.05, 0) is 42.9 Å². The topological polar surface area (TPSA) is 76.2 Å². The smallest absolute Gasteiger partial charge is 0.255 e. The lowest BCUT2D eigenvalue weighted by atomic mass is 9.88. The van der Waals surface area contributed by atoms with Crippen LogP contribution in [-0.2, 0) is 22.9 Å². The van der Waals surface area contributed by atoms with Crippen molar-refractivity contribution >= 4 is 27.3 Å². The lowest BCUT2D eigenvalue weighted by molar-refractivity contribution is 0.0697. The second-order valence-corrected chi connectivity index (χ2v) is 11.7. The molecule has 3 aliphatic rings. The minimum absolute atomic E-state index is 0.0321. The van der Waals surface area contributed by atoms with Crippen LogP contribution in [0.3, 0.4) is 0 Å². The van der Waals surface area contributed by atoms with Crippen LogP contribution in [0.25, 0.3) is 0 Å². The third kappa shape index (κ3) is 4.02. The highest BCUT2D eigenvalue weighted by Gasteiger charge is 2.33. The zero-order chi connectivity index (χ0) is 22.3. The molecule has 1 unspecified atom stereocenters. The number of hydrogen-bond donors (Lipinski definition) is 0. The number of rotatable bonds is 3. The Hall–Kier alpha value is -2.10. The van der Waals surface area contributed by atoms with Gasteiger partial charge in [0, 0.05) is 48.9 Å². The number of sulfonamides is 1. The molecule has 172 valence electrons. The molecule has 1 aliphatic carbocycles. The molecule has 1 aromatic heterocycles. The number of piperazine rings is 1. The fourth-order valence-electron chi connectivity index (χ4n) is 4.61. The summed E-state index contributed by atoms with van der Waals surface area (Å²) >= 11 is 1.69. The van der Waals surface area contributed by atoms with Crippen molar-refractivity contribution in [2.75, 3.05) is 39.4 Å². The van der Waals surface area contributed by atoms with E-state index in [-0.39, 0.29) is 23.9 Å². The summed E-state index contributed by atoms with van der Waals surface area (Å²) in [5.41, 5.74) is 2.02. The first-order chi connectivity index (χ1) is 15.4. The summed E-state index contributed by atoms with van der Waals surface area (Å²) in [6.45, 7) is 4.67. The van der Waals surface area contributed by atoms with Crippen molar-refractivity contribution in [1.29, 1.82) is 0 Å². The van der Waals surface area contributed by atoms with Crippen molar-refractivity contribution in [3.8, 4) is 11.5 Å². The summed E-state index contributed by atoms with van der Waals surface area (Å²) in [6, 6.07) is 4.78. The van der Waals surface area contributed by atoms with Crippen molar-refractivity contribution < 1.29 is 22.7 Å². The van der Waals surface area contributed by atoms with E-state index in [4.69, 9.17) is 9.47 Å². The number of thiophene rings is 1. The van der Waals surface area contributed by atoms with Crippen LogP contribution in [-0.4, -0.2) is 62.9 Å². The third-order valence-corrected chi connectivity index (χ3v) is 9.46. The van der Waals surface area contributed by atoms with Gasteiger partial charge in [-0.15, -0.1) is 11.3 Å². The van der Waals surface area contributed by atoms with E-state index in [0.717, 1.165) is 31.2 Å². The van der Waals surface area contributed by atoms with Crippen molar-refractivity contribution in [2.24, 2.45) is 5.92 Å².